The average Bonchev–Trinajstić information content (AvgIpc) is 1.55. The van der Waals surface area contributed by atoms with E-state index in [9.17, 15) is 67.1 Å². The van der Waals surface area contributed by atoms with Crippen LogP contribution in [0.25, 0.3) is 44.7 Å². The molecular weight excluding hydrogens is 1900 g/mol. The first kappa shape index (κ1) is 110. The lowest BCUT2D eigenvalue weighted by Crippen LogP contribution is -2.33. The van der Waals surface area contributed by atoms with E-state index in [0.29, 0.717) is 73.3 Å². The molecule has 0 aliphatic carbocycles. The van der Waals surface area contributed by atoms with Crippen LogP contribution in [0.5, 0.6) is 23.3 Å². The average molecular weight is 2010 g/mol. The number of imidazole rings is 4. The van der Waals surface area contributed by atoms with Gasteiger partial charge in [-0.15, -0.1) is 26.3 Å². The number of hydrogen-bond donors (Lipinski definition) is 10. The van der Waals surface area contributed by atoms with Gasteiger partial charge in [-0.2, -0.15) is 34.9 Å². The highest BCUT2D eigenvalue weighted by molar-refractivity contribution is 6.01. The zero-order valence-electron chi connectivity index (χ0n) is 79.4. The molecule has 0 radical (unpaired) electrons. The molecule has 1 unspecified atom stereocenters. The van der Waals surface area contributed by atoms with Crippen LogP contribution in [0.2, 0.25) is 0 Å². The smallest absolute Gasteiger partial charge is 0.338 e. The fourth-order valence-corrected chi connectivity index (χ4v) is 15.2. The molecule has 12 heterocycles. The summed E-state index contributed by atoms with van der Waals surface area (Å²) in [6, 6.07) is 42.9. The first-order valence-corrected chi connectivity index (χ1v) is 44.4. The van der Waals surface area contributed by atoms with Crippen LogP contribution in [0.1, 0.15) is 120 Å². The third-order valence-corrected chi connectivity index (χ3v) is 21.4. The van der Waals surface area contributed by atoms with Crippen molar-refractivity contribution in [3.63, 3.8) is 0 Å². The Morgan fingerprint density at radius 2 is 0.938 bits per heavy atom. The van der Waals surface area contributed by atoms with Crippen molar-refractivity contribution in [2.75, 3.05) is 53.6 Å². The number of amides is 3. The van der Waals surface area contributed by atoms with Crippen molar-refractivity contribution in [1.29, 1.82) is 0 Å². The van der Waals surface area contributed by atoms with E-state index in [1.54, 1.807) is 64.7 Å². The van der Waals surface area contributed by atoms with Crippen molar-refractivity contribution in [3.05, 3.63) is 297 Å². The van der Waals surface area contributed by atoms with Gasteiger partial charge >= 0.3 is 46.6 Å². The van der Waals surface area contributed by atoms with Crippen LogP contribution in [0, 0.1) is 0 Å². The van der Waals surface area contributed by atoms with Gasteiger partial charge in [-0.25, -0.2) is 28.5 Å². The number of fused-ring (bicyclic) bond motifs is 5. The molecule has 17 rings (SSSR count). The van der Waals surface area contributed by atoms with Gasteiger partial charge < -0.3 is 64.6 Å². The summed E-state index contributed by atoms with van der Waals surface area (Å²) < 4.78 is 62.2. The largest absolute Gasteiger partial charge is 0.497 e. The Bertz CT molecular complexity index is 7510. The SMILES string of the molecule is C.C.C=CCn1c(=O)[nH]c2nc(N)[nH]c(=O)c21.C=CCn1c(=O)[nH]c2nc(NC(C)=O)[nH]c(=O)c21.C=CCn1c(=O)n(Cc2ccc(OC)cc2)c2nc(N)nc(OCc3ccccc3)c21.C=CCn1c(=O)n([C@@H]2O[C@H](COC(=O)c3ccccc3)C[C@H]2OC(C)=O)c2nc(NC(C)=O)[nH]c(=O)c21.CC[C@@H]1C[C@@H](OC(C)=O)C(OC(C)=O)O1.COc1ccc(CN2C(=O)Cc3c(OCc4ccccc4)nc(N)nc32)cc1. The molecule has 2 fully saturated rings. The van der Waals surface area contributed by atoms with Gasteiger partial charge in [-0.3, -0.25) is 106 Å². The molecule has 13 N–H and O–H groups in total. The maximum Gasteiger partial charge on any atom is 0.338 e. The maximum absolute atomic E-state index is 13.4. The van der Waals surface area contributed by atoms with Crippen molar-refractivity contribution < 1.29 is 80.9 Å². The van der Waals surface area contributed by atoms with Crippen molar-refractivity contribution >= 4 is 122 Å². The molecule has 0 saturated carbocycles. The molecule has 48 heteroatoms. The first-order chi connectivity index (χ1) is 69.1. The molecule has 14 aromatic rings. The van der Waals surface area contributed by atoms with Gasteiger partial charge in [0.25, 0.3) is 16.7 Å². The fourth-order valence-electron chi connectivity index (χ4n) is 15.2. The summed E-state index contributed by atoms with van der Waals surface area (Å²) in [6.07, 6.45) is 3.64. The van der Waals surface area contributed by atoms with Crippen LogP contribution in [-0.4, -0.2) is 180 Å². The Morgan fingerprint density at radius 3 is 1.46 bits per heavy atom. The predicted molar refractivity (Wildman–Crippen MR) is 540 cm³/mol. The van der Waals surface area contributed by atoms with Crippen molar-refractivity contribution in [1.82, 2.24) is 87.2 Å². The highest BCUT2D eigenvalue weighted by atomic mass is 16.7. The second kappa shape index (κ2) is 50.7. The fraction of sp³-hybridized carbons (Fsp3) is 0.296. The number of aromatic nitrogens is 18. The monoisotopic (exact) mass is 2010 g/mol. The molecule has 9 aromatic heterocycles. The van der Waals surface area contributed by atoms with Crippen LogP contribution >= 0.6 is 0 Å². The number of allylic oxidation sites excluding steroid dienone is 4. The number of aromatic amines is 5. The summed E-state index contributed by atoms with van der Waals surface area (Å²) in [7, 11) is 3.23. The molecule has 2 saturated heterocycles. The number of ether oxygens (including phenoxy) is 10. The van der Waals surface area contributed by atoms with Crippen LogP contribution < -0.4 is 91.1 Å². The zero-order valence-corrected chi connectivity index (χ0v) is 79.4. The minimum Gasteiger partial charge on any atom is -0.497 e. The summed E-state index contributed by atoms with van der Waals surface area (Å²) in [5.74, 6) is -0.384. The van der Waals surface area contributed by atoms with Gasteiger partial charge in [0.15, 0.2) is 57.0 Å². The number of anilines is 6. The molecular formula is C98H112N24O24. The lowest BCUT2D eigenvalue weighted by molar-refractivity contribution is -0.194. The van der Waals surface area contributed by atoms with Gasteiger partial charge in [0.1, 0.15) is 43.2 Å². The minimum absolute atomic E-state index is 0. The van der Waals surface area contributed by atoms with Gasteiger partial charge in [0.2, 0.25) is 65.5 Å². The number of rotatable bonds is 30. The molecule has 5 aromatic carbocycles. The van der Waals surface area contributed by atoms with E-state index in [-0.39, 0.29) is 147 Å². The third-order valence-electron chi connectivity index (χ3n) is 21.4. The summed E-state index contributed by atoms with van der Waals surface area (Å²) in [6.45, 7) is 24.6. The van der Waals surface area contributed by atoms with Crippen LogP contribution in [0.4, 0.5) is 35.6 Å². The maximum atomic E-state index is 13.4. The Balaban J connectivity index is 0.000000185. The normalized spacial score (nSPS) is 15.0. The molecule has 146 heavy (non-hydrogen) atoms. The highest BCUT2D eigenvalue weighted by Gasteiger charge is 2.43. The van der Waals surface area contributed by atoms with E-state index in [0.717, 1.165) is 49.3 Å². The Kier molecular flexibility index (Phi) is 38.1. The number of methoxy groups -OCH3 is 2. The molecule has 768 valence electrons. The number of hydrogen-bond acceptors (Lipinski definition) is 34. The number of benzene rings is 5. The lowest BCUT2D eigenvalue weighted by atomic mass is 10.1. The second-order valence-corrected chi connectivity index (χ2v) is 31.9. The quantitative estimate of drug-likeness (QED) is 0.0116. The Hall–Kier alpha value is -18.2. The predicted octanol–water partition coefficient (Wildman–Crippen LogP) is 7.86. The minimum atomic E-state index is -1.19. The zero-order chi connectivity index (χ0) is 104. The summed E-state index contributed by atoms with van der Waals surface area (Å²) >= 11 is 0. The van der Waals surface area contributed by atoms with E-state index in [1.807, 2.05) is 116 Å². The number of nitrogen functional groups attached to an aromatic ring is 3. The summed E-state index contributed by atoms with van der Waals surface area (Å²) in [5, 5.41) is 4.72. The number of nitrogens with two attached hydrogens (primary N) is 3. The number of esters is 4. The number of nitrogens with zero attached hydrogens (tertiary/aromatic N) is 14. The van der Waals surface area contributed by atoms with Crippen LogP contribution in [-0.2, 0) is 116 Å². The molecule has 48 nitrogen and oxygen atoms in total. The molecule has 0 bridgehead atoms. The molecule has 0 spiro atoms. The lowest BCUT2D eigenvalue weighted by Gasteiger charge is -2.19. The summed E-state index contributed by atoms with van der Waals surface area (Å²) in [5.41, 5.74) is 20.0. The Morgan fingerprint density at radius 1 is 0.473 bits per heavy atom. The van der Waals surface area contributed by atoms with E-state index in [4.69, 9.17) is 64.6 Å². The number of carbonyl (C=O) groups excluding carboxylic acids is 7. The highest BCUT2D eigenvalue weighted by Crippen LogP contribution is 2.37. The molecule has 6 atom stereocenters. The van der Waals surface area contributed by atoms with E-state index in [1.165, 1.54) is 62.0 Å². The Labute approximate surface area is 830 Å². The topological polar surface area (TPSA) is 635 Å². The molecule has 3 aliphatic rings. The van der Waals surface area contributed by atoms with Gasteiger partial charge in [0, 0.05) is 73.6 Å². The van der Waals surface area contributed by atoms with E-state index < -0.39 is 94.4 Å². The molecule has 3 amide bonds. The second-order valence-electron chi connectivity index (χ2n) is 31.9. The van der Waals surface area contributed by atoms with E-state index >= 15 is 0 Å². The third kappa shape index (κ3) is 27.5. The first-order valence-electron chi connectivity index (χ1n) is 44.4. The van der Waals surface area contributed by atoms with Crippen molar-refractivity contribution in [2.45, 2.75) is 171 Å². The number of H-pyrrole nitrogens is 5. The van der Waals surface area contributed by atoms with Gasteiger partial charge in [-0.05, 0) is 65.1 Å². The van der Waals surface area contributed by atoms with Crippen LogP contribution in [0.15, 0.2) is 224 Å². The standard InChI is InChI=1S/C24H25N5O8.C23H23N5O3.C21H20N4O3.C10H11N5O3.C10H16O5.C8H9N5O2.2CH4/c1-4-10-28-18-19(26-23(25-13(2)30)27-20(18)32)29(24(28)34)21-17(36-14(3)31)11-16(37-21)12-35-22(33)15-8-6-5-7-9-15;1-3-13-27-19-20(28(23(27)29)14-16-9-11-18(30-2)12-10-16)25-22(24)26-21(19)31-15-17-7-5-4-6-8-17;1-27-16-9-7-14(8-10-16)12-25-18(26)11-17-19(25)23-21(22)24-20(17)28-13-15-5-3-2-4-6-15;1-3-4-15-6-7(13-10(15)18)12-9(11-5(2)16)14-8(6)17;1-4-8-5-9(13-6(2)11)10(15-8)14-7(3)12;1-2-3-13-4-5(11-8(13)15)10-7(9)12-6(4)14;;/h4-9,16-17,21H,1,10-12H2,2-3H3,(H2,25,26,27,30,32);3-12H,1,13-15H2,2H3,(H2,24,25,26);2-10H,11-13H2,1H3,(H2,22,23,24);3H,1,4H2,2H3,(H3,11,12,13,14,16,17,18);8-10H,4-5H2,1-3H3;2H,1,3H2,(H4,9,10,11,12,14,15);2*1H4/t16-,17+,21+;;;;8-,9-,10?;;;/m0...1.../s1. The number of carbonyl (C=O) groups is 7. The van der Waals surface area contributed by atoms with E-state index in [2.05, 4.69) is 96.8 Å². The van der Waals surface area contributed by atoms with Gasteiger partial charge in [-0.1, -0.05) is 149 Å². The molecule has 3 aliphatic heterocycles. The van der Waals surface area contributed by atoms with Crippen LogP contribution in [0.3, 0.4) is 0 Å². The number of nitrogens with one attached hydrogen (secondary N) is 7. The van der Waals surface area contributed by atoms with Crippen molar-refractivity contribution in [3.8, 4) is 23.3 Å². The van der Waals surface area contributed by atoms with Crippen molar-refractivity contribution in [2.24, 2.45) is 0 Å². The van der Waals surface area contributed by atoms with Gasteiger partial charge in [0.05, 0.1) is 57.1 Å². The summed E-state index contributed by atoms with van der Waals surface area (Å²) in [4.78, 5) is 209.